The molecule has 1 fully saturated rings. The number of carbonyl (C=O) groups is 1. The normalized spacial score (nSPS) is 14.5. The summed E-state index contributed by atoms with van der Waals surface area (Å²) in [4.78, 5) is 16.6. The Hall–Kier alpha value is -2.90. The van der Waals surface area contributed by atoms with E-state index in [1.165, 1.54) is 6.20 Å². The Balaban J connectivity index is 1.36. The summed E-state index contributed by atoms with van der Waals surface area (Å²) in [5.74, 6) is 0.274. The second kappa shape index (κ2) is 9.07. The number of carbonyl (C=O) groups excluding carboxylic acids is 1. The van der Waals surface area contributed by atoms with Crippen LogP contribution in [0.2, 0.25) is 5.02 Å². The lowest BCUT2D eigenvalue weighted by Crippen LogP contribution is -2.38. The van der Waals surface area contributed by atoms with Crippen LogP contribution in [0.25, 0.3) is 11.3 Å². The smallest absolute Gasteiger partial charge is 0.253 e. The average molecular weight is 414 g/mol. The van der Waals surface area contributed by atoms with Gasteiger partial charge < -0.3 is 19.3 Å². The molecule has 2 aromatic heterocycles. The van der Waals surface area contributed by atoms with E-state index in [9.17, 15) is 4.79 Å². The lowest BCUT2D eigenvalue weighted by atomic mass is 10.1. The summed E-state index contributed by atoms with van der Waals surface area (Å²) in [6.07, 6.45) is 4.71. The van der Waals surface area contributed by atoms with Crippen LogP contribution in [0.5, 0.6) is 5.88 Å². The number of benzene rings is 1. The highest BCUT2D eigenvalue weighted by molar-refractivity contribution is 6.30. The van der Waals surface area contributed by atoms with Crippen molar-refractivity contribution < 1.29 is 18.8 Å². The minimum atomic E-state index is -0.139. The first-order valence-corrected chi connectivity index (χ1v) is 9.73. The van der Waals surface area contributed by atoms with Gasteiger partial charge in [-0.1, -0.05) is 28.9 Å². The van der Waals surface area contributed by atoms with E-state index in [0.717, 1.165) is 24.0 Å². The van der Waals surface area contributed by atoms with Crippen molar-refractivity contribution in [1.29, 1.82) is 0 Å². The van der Waals surface area contributed by atoms with Crippen LogP contribution in [-0.2, 0) is 11.3 Å². The Morgan fingerprint density at radius 1 is 1.17 bits per heavy atom. The molecule has 150 valence electrons. The number of pyridine rings is 1. The Kier molecular flexibility index (Phi) is 6.07. The molecule has 1 saturated heterocycles. The van der Waals surface area contributed by atoms with Crippen LogP contribution < -0.4 is 10.1 Å². The van der Waals surface area contributed by atoms with Gasteiger partial charge in [0.15, 0.2) is 0 Å². The molecule has 29 heavy (non-hydrogen) atoms. The number of nitrogens with one attached hydrogen (secondary N) is 1. The molecule has 0 radical (unpaired) electrons. The van der Waals surface area contributed by atoms with Gasteiger partial charge in [-0.05, 0) is 31.0 Å². The van der Waals surface area contributed by atoms with Gasteiger partial charge in [0.1, 0.15) is 18.6 Å². The standard InChI is InChI=1S/C21H20ClN3O4/c22-17-4-1-14(2-5-17)20-16(13-29-25-20)12-28-19-6-3-15(11-23-19)21(26)24-18-7-9-27-10-8-18/h1-6,11,13,18H,7-10,12H2,(H,24,26). The molecule has 8 heteroatoms. The maximum atomic E-state index is 12.3. The van der Waals surface area contributed by atoms with Gasteiger partial charge in [-0.15, -0.1) is 0 Å². The van der Waals surface area contributed by atoms with Crippen LogP contribution in [0.4, 0.5) is 0 Å². The van der Waals surface area contributed by atoms with Crippen molar-refractivity contribution >= 4 is 17.5 Å². The number of rotatable bonds is 6. The highest BCUT2D eigenvalue weighted by Crippen LogP contribution is 2.24. The van der Waals surface area contributed by atoms with Crippen LogP contribution in [0.3, 0.4) is 0 Å². The summed E-state index contributed by atoms with van der Waals surface area (Å²) in [6.45, 7) is 1.59. The molecule has 1 aliphatic heterocycles. The van der Waals surface area contributed by atoms with Crippen molar-refractivity contribution in [2.45, 2.75) is 25.5 Å². The Bertz CT molecular complexity index is 951. The first kappa shape index (κ1) is 19.4. The summed E-state index contributed by atoms with van der Waals surface area (Å²) in [6, 6.07) is 10.8. The summed E-state index contributed by atoms with van der Waals surface area (Å²) >= 11 is 5.93. The first-order valence-electron chi connectivity index (χ1n) is 9.36. The van der Waals surface area contributed by atoms with Gasteiger partial charge in [0.05, 0.1) is 11.1 Å². The number of ether oxygens (including phenoxy) is 2. The molecule has 3 heterocycles. The van der Waals surface area contributed by atoms with E-state index in [1.54, 1.807) is 30.5 Å². The quantitative estimate of drug-likeness (QED) is 0.660. The molecule has 1 aliphatic rings. The summed E-state index contributed by atoms with van der Waals surface area (Å²) in [5.41, 5.74) is 2.86. The molecule has 0 unspecified atom stereocenters. The summed E-state index contributed by atoms with van der Waals surface area (Å²) < 4.78 is 16.1. The van der Waals surface area contributed by atoms with Crippen LogP contribution in [0, 0.1) is 0 Å². The van der Waals surface area contributed by atoms with Crippen LogP contribution in [0.15, 0.2) is 53.4 Å². The second-order valence-corrected chi connectivity index (χ2v) is 7.17. The van der Waals surface area contributed by atoms with Gasteiger partial charge in [0.25, 0.3) is 5.91 Å². The molecule has 0 aliphatic carbocycles. The predicted molar refractivity (Wildman–Crippen MR) is 107 cm³/mol. The highest BCUT2D eigenvalue weighted by Gasteiger charge is 2.17. The van der Waals surface area contributed by atoms with E-state index in [2.05, 4.69) is 15.5 Å². The minimum absolute atomic E-state index is 0.139. The number of hydrogen-bond donors (Lipinski definition) is 1. The third-order valence-electron chi connectivity index (χ3n) is 4.69. The molecular formula is C21H20ClN3O4. The molecule has 0 atom stereocenters. The molecule has 3 aromatic rings. The molecular weight excluding hydrogens is 394 g/mol. The number of halogens is 1. The third-order valence-corrected chi connectivity index (χ3v) is 4.94. The topological polar surface area (TPSA) is 86.5 Å². The van der Waals surface area contributed by atoms with Crippen molar-refractivity contribution in [3.8, 4) is 17.1 Å². The number of nitrogens with zero attached hydrogens (tertiary/aromatic N) is 2. The maximum Gasteiger partial charge on any atom is 0.253 e. The Morgan fingerprint density at radius 3 is 2.69 bits per heavy atom. The fourth-order valence-electron chi connectivity index (χ4n) is 3.07. The van der Waals surface area contributed by atoms with Gasteiger partial charge >= 0.3 is 0 Å². The molecule has 0 bridgehead atoms. The van der Waals surface area contributed by atoms with Crippen molar-refractivity contribution in [2.24, 2.45) is 0 Å². The van der Waals surface area contributed by atoms with Crippen LogP contribution in [0.1, 0.15) is 28.8 Å². The van der Waals surface area contributed by atoms with Gasteiger partial charge in [0, 0.05) is 42.1 Å². The molecule has 1 aromatic carbocycles. The van der Waals surface area contributed by atoms with Crippen LogP contribution >= 0.6 is 11.6 Å². The highest BCUT2D eigenvalue weighted by atomic mass is 35.5. The number of amides is 1. The van der Waals surface area contributed by atoms with Gasteiger partial charge in [-0.25, -0.2) is 4.98 Å². The fourth-order valence-corrected chi connectivity index (χ4v) is 3.19. The zero-order valence-electron chi connectivity index (χ0n) is 15.6. The Labute approximate surface area is 173 Å². The van der Waals surface area contributed by atoms with Crippen molar-refractivity contribution in [1.82, 2.24) is 15.5 Å². The zero-order valence-corrected chi connectivity index (χ0v) is 16.4. The molecule has 1 N–H and O–H groups in total. The van der Waals surface area contributed by atoms with Crippen LogP contribution in [-0.4, -0.2) is 35.3 Å². The van der Waals surface area contributed by atoms with Gasteiger partial charge in [-0.3, -0.25) is 4.79 Å². The van der Waals surface area contributed by atoms with E-state index < -0.39 is 0 Å². The lowest BCUT2D eigenvalue weighted by molar-refractivity contribution is 0.0696. The molecule has 1 amide bonds. The van der Waals surface area contributed by atoms with E-state index in [0.29, 0.717) is 35.4 Å². The SMILES string of the molecule is O=C(NC1CCOCC1)c1ccc(OCc2conc2-c2ccc(Cl)cc2)nc1. The summed E-state index contributed by atoms with van der Waals surface area (Å²) in [7, 11) is 0. The molecule has 7 nitrogen and oxygen atoms in total. The third kappa shape index (κ3) is 4.93. The summed E-state index contributed by atoms with van der Waals surface area (Å²) in [5, 5.41) is 7.70. The van der Waals surface area contributed by atoms with E-state index in [1.807, 2.05) is 12.1 Å². The minimum Gasteiger partial charge on any atom is -0.473 e. The van der Waals surface area contributed by atoms with Gasteiger partial charge in [-0.2, -0.15) is 0 Å². The molecule has 4 rings (SSSR count). The molecule has 0 saturated carbocycles. The predicted octanol–water partition coefficient (Wildman–Crippen LogP) is 3.88. The van der Waals surface area contributed by atoms with Crippen molar-refractivity contribution in [3.63, 3.8) is 0 Å². The monoisotopic (exact) mass is 413 g/mol. The van der Waals surface area contributed by atoms with Crippen molar-refractivity contribution in [3.05, 3.63) is 65.0 Å². The second-order valence-electron chi connectivity index (χ2n) is 6.73. The first-order chi connectivity index (χ1) is 14.2. The fraction of sp³-hybridized carbons (Fsp3) is 0.286. The lowest BCUT2D eigenvalue weighted by Gasteiger charge is -2.23. The Morgan fingerprint density at radius 2 is 1.97 bits per heavy atom. The van der Waals surface area contributed by atoms with E-state index in [4.69, 9.17) is 25.6 Å². The van der Waals surface area contributed by atoms with Crippen molar-refractivity contribution in [2.75, 3.05) is 13.2 Å². The van der Waals surface area contributed by atoms with E-state index >= 15 is 0 Å². The zero-order chi connectivity index (χ0) is 20.1. The number of hydrogen-bond acceptors (Lipinski definition) is 6. The largest absolute Gasteiger partial charge is 0.473 e. The number of aromatic nitrogens is 2. The molecule has 0 spiro atoms. The maximum absolute atomic E-state index is 12.3. The van der Waals surface area contributed by atoms with E-state index in [-0.39, 0.29) is 18.6 Å². The van der Waals surface area contributed by atoms with Gasteiger partial charge in [0.2, 0.25) is 5.88 Å². The average Bonchev–Trinajstić information content (AvgIpc) is 3.22.